The van der Waals surface area contributed by atoms with Crippen LogP contribution in [0.1, 0.15) is 28.9 Å². The number of furan rings is 1. The lowest BCUT2D eigenvalue weighted by Gasteiger charge is -2.20. The molecule has 1 amide bonds. The van der Waals surface area contributed by atoms with E-state index in [1.54, 1.807) is 31.4 Å². The van der Waals surface area contributed by atoms with Gasteiger partial charge in [0.25, 0.3) is 5.91 Å². The van der Waals surface area contributed by atoms with Crippen LogP contribution in [0, 0.1) is 6.92 Å². The Morgan fingerprint density at radius 3 is 2.71 bits per heavy atom. The number of carbonyl (C=O) groups is 1. The van der Waals surface area contributed by atoms with E-state index in [0.29, 0.717) is 17.2 Å². The highest BCUT2D eigenvalue weighted by Gasteiger charge is 2.28. The molecule has 0 aliphatic carbocycles. The molecular weight excluding hydrogens is 324 g/mol. The highest BCUT2D eigenvalue weighted by Crippen LogP contribution is 2.24. The van der Waals surface area contributed by atoms with Crippen molar-refractivity contribution in [2.24, 2.45) is 0 Å². The Labute approximate surface area is 144 Å². The summed E-state index contributed by atoms with van der Waals surface area (Å²) in [4.78, 5) is 16.6. The van der Waals surface area contributed by atoms with E-state index in [1.807, 2.05) is 30.3 Å². The first-order valence-electron chi connectivity index (χ1n) is 7.54. The van der Waals surface area contributed by atoms with E-state index in [-0.39, 0.29) is 12.5 Å². The Morgan fingerprint density at radius 1 is 1.29 bits per heavy atom. The van der Waals surface area contributed by atoms with Crippen LogP contribution < -0.4 is 5.32 Å². The lowest BCUT2D eigenvalue weighted by molar-refractivity contribution is 0.0323. The molecule has 1 atom stereocenters. The maximum atomic E-state index is 12.3. The number of amides is 1. The van der Waals surface area contributed by atoms with Gasteiger partial charge in [0, 0.05) is 10.9 Å². The van der Waals surface area contributed by atoms with E-state index in [1.165, 1.54) is 11.3 Å². The number of aliphatic hydroxyl groups is 1. The fourth-order valence-electron chi connectivity index (χ4n) is 2.25. The zero-order valence-electron chi connectivity index (χ0n) is 13.4. The lowest BCUT2D eigenvalue weighted by Crippen LogP contribution is -2.38. The van der Waals surface area contributed by atoms with Crippen molar-refractivity contribution in [3.05, 3.63) is 65.1 Å². The zero-order valence-corrected chi connectivity index (χ0v) is 14.3. The third-order valence-corrected chi connectivity index (χ3v) is 4.51. The van der Waals surface area contributed by atoms with Gasteiger partial charge in [0.15, 0.2) is 0 Å². The number of carbonyl (C=O) groups excluding carboxylic acids is 1. The van der Waals surface area contributed by atoms with Crippen molar-refractivity contribution in [2.45, 2.75) is 19.4 Å². The van der Waals surface area contributed by atoms with E-state index in [9.17, 15) is 9.90 Å². The highest BCUT2D eigenvalue weighted by molar-refractivity contribution is 7.13. The predicted molar refractivity (Wildman–Crippen MR) is 92.9 cm³/mol. The Bertz CT molecular complexity index is 837. The highest BCUT2D eigenvalue weighted by atomic mass is 32.1. The molecule has 0 saturated carbocycles. The van der Waals surface area contributed by atoms with Gasteiger partial charge in [-0.25, -0.2) is 4.98 Å². The van der Waals surface area contributed by atoms with Gasteiger partial charge in [-0.1, -0.05) is 30.3 Å². The summed E-state index contributed by atoms with van der Waals surface area (Å²) in [7, 11) is 0. The number of thiazole rings is 1. The van der Waals surface area contributed by atoms with Crippen molar-refractivity contribution in [1.82, 2.24) is 10.3 Å². The largest absolute Gasteiger partial charge is 0.463 e. The van der Waals surface area contributed by atoms with Gasteiger partial charge >= 0.3 is 0 Å². The summed E-state index contributed by atoms with van der Waals surface area (Å²) >= 11 is 1.41. The van der Waals surface area contributed by atoms with Crippen LogP contribution in [0.4, 0.5) is 0 Å². The Kier molecular flexibility index (Phi) is 4.51. The topological polar surface area (TPSA) is 75.4 Å². The van der Waals surface area contributed by atoms with E-state index in [2.05, 4.69) is 10.3 Å². The van der Waals surface area contributed by atoms with Crippen molar-refractivity contribution in [3.8, 4) is 10.6 Å². The molecule has 124 valence electrons. The number of benzene rings is 1. The first-order chi connectivity index (χ1) is 11.5. The molecule has 5 nitrogen and oxygen atoms in total. The Balaban J connectivity index is 1.66. The van der Waals surface area contributed by atoms with E-state index in [0.717, 1.165) is 10.6 Å². The quantitative estimate of drug-likeness (QED) is 0.745. The molecule has 3 rings (SSSR count). The molecule has 1 aromatic carbocycles. The molecule has 2 aromatic heterocycles. The molecule has 0 aliphatic heterocycles. The minimum absolute atomic E-state index is 0.0387. The molecule has 2 N–H and O–H groups in total. The SMILES string of the molecule is Cc1ccc(C(C)(O)CNC(=O)c2csc(-c3ccccc3)n2)o1. The number of nitrogens with one attached hydrogen (secondary N) is 1. The molecule has 0 radical (unpaired) electrons. The summed E-state index contributed by atoms with van der Waals surface area (Å²) in [6.45, 7) is 3.44. The maximum absolute atomic E-state index is 12.3. The Hall–Kier alpha value is -2.44. The van der Waals surface area contributed by atoms with E-state index < -0.39 is 5.60 Å². The van der Waals surface area contributed by atoms with Crippen LogP contribution in [0.3, 0.4) is 0 Å². The van der Waals surface area contributed by atoms with Gasteiger partial charge in [-0.15, -0.1) is 11.3 Å². The van der Waals surface area contributed by atoms with Gasteiger partial charge < -0.3 is 14.8 Å². The van der Waals surface area contributed by atoms with Crippen LogP contribution in [0.2, 0.25) is 0 Å². The van der Waals surface area contributed by atoms with Crippen molar-refractivity contribution in [2.75, 3.05) is 6.54 Å². The molecule has 0 spiro atoms. The first-order valence-corrected chi connectivity index (χ1v) is 8.42. The van der Waals surface area contributed by atoms with Crippen LogP contribution in [0.5, 0.6) is 0 Å². The van der Waals surface area contributed by atoms with Gasteiger partial charge in [-0.3, -0.25) is 4.79 Å². The summed E-state index contributed by atoms with van der Waals surface area (Å²) in [5.41, 5.74) is 0.0345. The lowest BCUT2D eigenvalue weighted by atomic mass is 10.0. The van der Waals surface area contributed by atoms with Gasteiger partial charge in [0.2, 0.25) is 0 Å². The van der Waals surface area contributed by atoms with Gasteiger partial charge in [0.1, 0.15) is 27.8 Å². The average Bonchev–Trinajstić information content (AvgIpc) is 3.23. The minimum atomic E-state index is -1.28. The normalized spacial score (nSPS) is 13.5. The maximum Gasteiger partial charge on any atom is 0.270 e. The molecule has 2 heterocycles. The van der Waals surface area contributed by atoms with Crippen molar-refractivity contribution < 1.29 is 14.3 Å². The van der Waals surface area contributed by atoms with E-state index in [4.69, 9.17) is 4.42 Å². The third-order valence-electron chi connectivity index (χ3n) is 3.62. The molecule has 0 fully saturated rings. The summed E-state index contributed by atoms with van der Waals surface area (Å²) in [5, 5.41) is 15.7. The van der Waals surface area contributed by atoms with Crippen molar-refractivity contribution >= 4 is 17.2 Å². The number of hydrogen-bond acceptors (Lipinski definition) is 5. The predicted octanol–water partition coefficient (Wildman–Crippen LogP) is 3.35. The minimum Gasteiger partial charge on any atom is -0.463 e. The van der Waals surface area contributed by atoms with Gasteiger partial charge in [-0.05, 0) is 26.0 Å². The van der Waals surface area contributed by atoms with Crippen LogP contribution in [0.25, 0.3) is 10.6 Å². The second-order valence-electron chi connectivity index (χ2n) is 5.77. The molecule has 24 heavy (non-hydrogen) atoms. The molecule has 1 unspecified atom stereocenters. The van der Waals surface area contributed by atoms with Crippen LogP contribution in [-0.2, 0) is 5.60 Å². The average molecular weight is 342 g/mol. The molecule has 6 heteroatoms. The van der Waals surface area contributed by atoms with Crippen molar-refractivity contribution in [3.63, 3.8) is 0 Å². The number of aromatic nitrogens is 1. The standard InChI is InChI=1S/C18H18N2O3S/c1-12-8-9-15(23-12)18(2,22)11-19-16(21)14-10-24-17(20-14)13-6-4-3-5-7-13/h3-10,22H,11H2,1-2H3,(H,19,21). The number of rotatable bonds is 5. The van der Waals surface area contributed by atoms with Gasteiger partial charge in [0.05, 0.1) is 6.54 Å². The van der Waals surface area contributed by atoms with Crippen molar-refractivity contribution in [1.29, 1.82) is 0 Å². The van der Waals surface area contributed by atoms with Crippen LogP contribution in [-0.4, -0.2) is 22.5 Å². The fourth-order valence-corrected chi connectivity index (χ4v) is 3.05. The number of hydrogen-bond donors (Lipinski definition) is 2. The smallest absolute Gasteiger partial charge is 0.270 e. The number of aryl methyl sites for hydroxylation is 1. The summed E-state index contributed by atoms with van der Waals surface area (Å²) in [6.07, 6.45) is 0. The fraction of sp³-hybridized carbons (Fsp3) is 0.222. The zero-order chi connectivity index (χ0) is 17.2. The van der Waals surface area contributed by atoms with Crippen LogP contribution in [0.15, 0.2) is 52.3 Å². The monoisotopic (exact) mass is 342 g/mol. The summed E-state index contributed by atoms with van der Waals surface area (Å²) in [6, 6.07) is 13.2. The number of nitrogens with zero attached hydrogens (tertiary/aromatic N) is 1. The summed E-state index contributed by atoms with van der Waals surface area (Å²) < 4.78 is 5.43. The molecular formula is C18H18N2O3S. The molecule has 0 bridgehead atoms. The Morgan fingerprint density at radius 2 is 2.04 bits per heavy atom. The molecule has 0 saturated heterocycles. The van der Waals surface area contributed by atoms with E-state index >= 15 is 0 Å². The second-order valence-corrected chi connectivity index (χ2v) is 6.63. The molecule has 3 aromatic rings. The molecule has 0 aliphatic rings. The van der Waals surface area contributed by atoms with Crippen LogP contribution >= 0.6 is 11.3 Å². The first kappa shape index (κ1) is 16.4. The second kappa shape index (κ2) is 6.59. The van der Waals surface area contributed by atoms with Gasteiger partial charge in [-0.2, -0.15) is 0 Å². The third kappa shape index (κ3) is 3.55. The summed E-state index contributed by atoms with van der Waals surface area (Å²) in [5.74, 6) is 0.809.